The average molecular weight is 513 g/mol. The number of amides is 2. The molecule has 1 fully saturated rings. The van der Waals surface area contributed by atoms with Gasteiger partial charge in [-0.1, -0.05) is 36.4 Å². The first-order valence-electron chi connectivity index (χ1n) is 11.7. The number of aromatic nitrogens is 1. The van der Waals surface area contributed by atoms with Crippen LogP contribution in [0.1, 0.15) is 27.3 Å². The van der Waals surface area contributed by atoms with Crippen molar-refractivity contribution in [1.29, 1.82) is 0 Å². The van der Waals surface area contributed by atoms with Gasteiger partial charge in [-0.05, 0) is 79.0 Å². The first-order valence-corrected chi connectivity index (χ1v) is 12.5. The van der Waals surface area contributed by atoms with E-state index in [1.54, 1.807) is 30.3 Å². The average Bonchev–Trinajstić information content (AvgIpc) is 3.32. The van der Waals surface area contributed by atoms with E-state index in [4.69, 9.17) is 9.84 Å². The SMILES string of the molecule is Cc1cc(/C=C2\SC(=O)N(CCOc3cccc4ccccc34)C2=O)c(C)n1-c1ccc(C(=O)O)cc1. The van der Waals surface area contributed by atoms with Crippen LogP contribution in [0.25, 0.3) is 22.5 Å². The Balaban J connectivity index is 1.31. The fourth-order valence-corrected chi connectivity index (χ4v) is 5.34. The third-order valence-electron chi connectivity index (χ3n) is 6.33. The van der Waals surface area contributed by atoms with Crippen molar-refractivity contribution in [2.45, 2.75) is 13.8 Å². The van der Waals surface area contributed by atoms with E-state index >= 15 is 0 Å². The van der Waals surface area contributed by atoms with E-state index in [9.17, 15) is 14.4 Å². The Morgan fingerprint density at radius 3 is 2.49 bits per heavy atom. The van der Waals surface area contributed by atoms with E-state index in [0.29, 0.717) is 10.7 Å². The summed E-state index contributed by atoms with van der Waals surface area (Å²) in [5.41, 5.74) is 3.65. The lowest BCUT2D eigenvalue weighted by Crippen LogP contribution is -2.32. The number of rotatable bonds is 7. The first-order chi connectivity index (χ1) is 17.8. The molecule has 8 heteroatoms. The topological polar surface area (TPSA) is 88.8 Å². The summed E-state index contributed by atoms with van der Waals surface area (Å²) in [6.07, 6.45) is 1.74. The molecule has 0 radical (unpaired) electrons. The molecular weight excluding hydrogens is 488 g/mol. The highest BCUT2D eigenvalue weighted by molar-refractivity contribution is 8.18. The lowest BCUT2D eigenvalue weighted by Gasteiger charge is -2.14. The van der Waals surface area contributed by atoms with Crippen LogP contribution in [0.5, 0.6) is 5.75 Å². The highest BCUT2D eigenvalue weighted by Crippen LogP contribution is 2.34. The zero-order valence-electron chi connectivity index (χ0n) is 20.3. The monoisotopic (exact) mass is 512 g/mol. The Morgan fingerprint density at radius 1 is 1.00 bits per heavy atom. The largest absolute Gasteiger partial charge is 0.491 e. The molecule has 1 aliphatic rings. The van der Waals surface area contributed by atoms with Crippen molar-refractivity contribution in [2.24, 2.45) is 0 Å². The van der Waals surface area contributed by atoms with Crippen LogP contribution < -0.4 is 4.74 Å². The van der Waals surface area contributed by atoms with Gasteiger partial charge in [-0.25, -0.2) is 4.79 Å². The summed E-state index contributed by atoms with van der Waals surface area (Å²) >= 11 is 0.919. The summed E-state index contributed by atoms with van der Waals surface area (Å²) in [7, 11) is 0. The number of hydrogen-bond donors (Lipinski definition) is 1. The minimum Gasteiger partial charge on any atom is -0.491 e. The number of thioether (sulfide) groups is 1. The molecule has 5 rings (SSSR count). The van der Waals surface area contributed by atoms with Crippen molar-refractivity contribution < 1.29 is 24.2 Å². The summed E-state index contributed by atoms with van der Waals surface area (Å²) in [4.78, 5) is 38.4. The van der Waals surface area contributed by atoms with Crippen molar-refractivity contribution in [3.63, 3.8) is 0 Å². The summed E-state index contributed by atoms with van der Waals surface area (Å²) in [5, 5.41) is 10.9. The van der Waals surface area contributed by atoms with Crippen molar-refractivity contribution in [3.05, 3.63) is 100 Å². The summed E-state index contributed by atoms with van der Waals surface area (Å²) in [5.74, 6) is -0.608. The lowest BCUT2D eigenvalue weighted by atomic mass is 10.1. The summed E-state index contributed by atoms with van der Waals surface area (Å²) in [6.45, 7) is 4.21. The van der Waals surface area contributed by atoms with E-state index in [1.165, 1.54) is 4.90 Å². The van der Waals surface area contributed by atoms with Crippen LogP contribution in [0.3, 0.4) is 0 Å². The molecule has 7 nitrogen and oxygen atoms in total. The van der Waals surface area contributed by atoms with Crippen LogP contribution in [-0.2, 0) is 4.79 Å². The van der Waals surface area contributed by atoms with E-state index in [-0.39, 0.29) is 29.9 Å². The molecule has 1 aliphatic heterocycles. The molecule has 186 valence electrons. The fourth-order valence-electron chi connectivity index (χ4n) is 4.49. The molecular formula is C29H24N2O5S. The number of fused-ring (bicyclic) bond motifs is 1. The van der Waals surface area contributed by atoms with Gasteiger partial charge >= 0.3 is 5.97 Å². The zero-order chi connectivity index (χ0) is 26.1. The number of carboxylic acids is 1. The molecule has 1 N–H and O–H groups in total. The number of carbonyl (C=O) groups excluding carboxylic acids is 2. The van der Waals surface area contributed by atoms with E-state index < -0.39 is 5.97 Å². The molecule has 3 aromatic carbocycles. The van der Waals surface area contributed by atoms with Gasteiger partial charge in [0.2, 0.25) is 0 Å². The second kappa shape index (κ2) is 9.99. The molecule has 37 heavy (non-hydrogen) atoms. The Kier molecular flexibility index (Phi) is 6.58. The van der Waals surface area contributed by atoms with Gasteiger partial charge in [0.05, 0.1) is 17.0 Å². The molecule has 1 saturated heterocycles. The number of benzene rings is 3. The third kappa shape index (κ3) is 4.75. The van der Waals surface area contributed by atoms with Crippen LogP contribution in [0.2, 0.25) is 0 Å². The first kappa shape index (κ1) is 24.4. The fraction of sp³-hybridized carbons (Fsp3) is 0.138. The molecule has 2 heterocycles. The maximum Gasteiger partial charge on any atom is 0.335 e. The van der Waals surface area contributed by atoms with Gasteiger partial charge in [0.25, 0.3) is 11.1 Å². The van der Waals surface area contributed by atoms with Gasteiger partial charge in [-0.15, -0.1) is 0 Å². The molecule has 0 bridgehead atoms. The van der Waals surface area contributed by atoms with Crippen LogP contribution in [0, 0.1) is 13.8 Å². The minimum atomic E-state index is -0.980. The molecule has 0 unspecified atom stereocenters. The number of imide groups is 1. The van der Waals surface area contributed by atoms with Gasteiger partial charge in [-0.3, -0.25) is 14.5 Å². The Labute approximate surface area is 218 Å². The molecule has 1 aromatic heterocycles. The molecule has 0 saturated carbocycles. The van der Waals surface area contributed by atoms with Gasteiger partial charge in [0.1, 0.15) is 12.4 Å². The predicted molar refractivity (Wildman–Crippen MR) is 144 cm³/mol. The molecule has 0 aliphatic carbocycles. The van der Waals surface area contributed by atoms with Crippen LogP contribution in [0.15, 0.2) is 77.7 Å². The number of ether oxygens (including phenoxy) is 1. The maximum absolute atomic E-state index is 13.0. The van der Waals surface area contributed by atoms with Crippen LogP contribution in [0.4, 0.5) is 4.79 Å². The van der Waals surface area contributed by atoms with Gasteiger partial charge in [0.15, 0.2) is 0 Å². The Morgan fingerprint density at radius 2 is 1.73 bits per heavy atom. The third-order valence-corrected chi connectivity index (χ3v) is 7.23. The highest BCUT2D eigenvalue weighted by Gasteiger charge is 2.35. The Hall–Kier alpha value is -4.30. The number of aromatic carboxylic acids is 1. The number of nitrogens with zero attached hydrogens (tertiary/aromatic N) is 2. The van der Waals surface area contributed by atoms with Crippen LogP contribution in [-0.4, -0.2) is 44.8 Å². The standard InChI is InChI=1S/C29H24N2O5S/c1-18-16-22(19(2)31(18)23-12-10-21(11-13-23)28(33)34)17-26-27(32)30(29(35)37-26)14-15-36-25-9-5-7-20-6-3-4-8-24(20)25/h3-13,16-17H,14-15H2,1-2H3,(H,33,34)/b26-17-. The van der Waals surface area contributed by atoms with Crippen molar-refractivity contribution in [1.82, 2.24) is 9.47 Å². The number of carboxylic acid groups (broad SMARTS) is 1. The molecule has 4 aromatic rings. The summed E-state index contributed by atoms with van der Waals surface area (Å²) < 4.78 is 7.91. The molecule has 0 spiro atoms. The van der Waals surface area contributed by atoms with Gasteiger partial charge in [-0.2, -0.15) is 0 Å². The van der Waals surface area contributed by atoms with E-state index in [2.05, 4.69) is 0 Å². The predicted octanol–water partition coefficient (Wildman–Crippen LogP) is 6.06. The van der Waals surface area contributed by atoms with Crippen molar-refractivity contribution in [2.75, 3.05) is 13.2 Å². The van der Waals surface area contributed by atoms with E-state index in [0.717, 1.165) is 45.2 Å². The highest BCUT2D eigenvalue weighted by atomic mass is 32.2. The van der Waals surface area contributed by atoms with Gasteiger partial charge in [0, 0.05) is 22.5 Å². The van der Waals surface area contributed by atoms with Crippen molar-refractivity contribution >= 4 is 45.7 Å². The number of carbonyl (C=O) groups is 3. The van der Waals surface area contributed by atoms with Crippen molar-refractivity contribution in [3.8, 4) is 11.4 Å². The zero-order valence-corrected chi connectivity index (χ0v) is 21.1. The smallest absolute Gasteiger partial charge is 0.335 e. The van der Waals surface area contributed by atoms with Crippen LogP contribution >= 0.6 is 11.8 Å². The van der Waals surface area contributed by atoms with Gasteiger partial charge < -0.3 is 14.4 Å². The second-order valence-electron chi connectivity index (χ2n) is 8.67. The molecule has 2 amide bonds. The minimum absolute atomic E-state index is 0.153. The summed E-state index contributed by atoms with van der Waals surface area (Å²) in [6, 6.07) is 22.2. The number of aryl methyl sites for hydroxylation is 1. The quantitative estimate of drug-likeness (QED) is 0.303. The normalized spacial score (nSPS) is 14.6. The lowest BCUT2D eigenvalue weighted by molar-refractivity contribution is -0.123. The van der Waals surface area contributed by atoms with E-state index in [1.807, 2.05) is 66.9 Å². The molecule has 0 atom stereocenters. The second-order valence-corrected chi connectivity index (χ2v) is 9.67. The maximum atomic E-state index is 13.0. The Bertz CT molecular complexity index is 1560. The number of hydrogen-bond acceptors (Lipinski definition) is 5.